The molecule has 2 aromatic rings. The quantitative estimate of drug-likeness (QED) is 0.388. The standard InChI is InChI=1S/C11H16N6O2/c1-2-3-4-8(19-6-18)10-14-7-5-13-11(17-12)16-9(7)15-10/h5-6,8H,2-4,12H2,1H3,(H2,13,14,15,16,17). The highest BCUT2D eigenvalue weighted by Gasteiger charge is 2.17. The fraction of sp³-hybridized carbons (Fsp3) is 0.455. The van der Waals surface area contributed by atoms with Gasteiger partial charge in [-0.2, -0.15) is 4.98 Å². The zero-order chi connectivity index (χ0) is 13.7. The molecule has 0 radical (unpaired) electrons. The minimum atomic E-state index is -0.388. The van der Waals surface area contributed by atoms with Gasteiger partial charge in [0.05, 0.1) is 6.20 Å². The van der Waals surface area contributed by atoms with Crippen molar-refractivity contribution in [2.75, 3.05) is 5.43 Å². The minimum absolute atomic E-state index is 0.284. The van der Waals surface area contributed by atoms with Gasteiger partial charge in [-0.25, -0.2) is 15.8 Å². The van der Waals surface area contributed by atoms with Crippen LogP contribution < -0.4 is 11.3 Å². The van der Waals surface area contributed by atoms with Gasteiger partial charge in [0, 0.05) is 0 Å². The molecular formula is C11H16N6O2. The number of H-pyrrole nitrogens is 1. The van der Waals surface area contributed by atoms with E-state index >= 15 is 0 Å². The van der Waals surface area contributed by atoms with Gasteiger partial charge in [-0.15, -0.1) is 0 Å². The number of anilines is 1. The Hall–Kier alpha value is -2.22. The largest absolute Gasteiger partial charge is 0.456 e. The van der Waals surface area contributed by atoms with E-state index in [2.05, 4.69) is 32.3 Å². The number of nitrogen functional groups attached to an aromatic ring is 1. The van der Waals surface area contributed by atoms with Gasteiger partial charge in [0.25, 0.3) is 6.47 Å². The number of imidazole rings is 1. The Labute approximate surface area is 109 Å². The van der Waals surface area contributed by atoms with Crippen LogP contribution in [0.3, 0.4) is 0 Å². The second-order valence-corrected chi connectivity index (χ2v) is 4.06. The van der Waals surface area contributed by atoms with E-state index in [0.717, 1.165) is 12.8 Å². The molecule has 0 amide bonds. The average molecular weight is 264 g/mol. The SMILES string of the molecule is CCCCC(OC=O)c1nc2nc(NN)ncc2[nH]1. The lowest BCUT2D eigenvalue weighted by atomic mass is 10.1. The maximum Gasteiger partial charge on any atom is 0.293 e. The fourth-order valence-electron chi connectivity index (χ4n) is 1.77. The first-order chi connectivity index (χ1) is 9.28. The third kappa shape index (κ3) is 2.97. The molecule has 1 atom stereocenters. The summed E-state index contributed by atoms with van der Waals surface area (Å²) in [6.07, 6.45) is 3.86. The molecule has 2 rings (SSSR count). The number of fused-ring (bicyclic) bond motifs is 1. The van der Waals surface area contributed by atoms with Gasteiger partial charge in [0.15, 0.2) is 17.6 Å². The summed E-state index contributed by atoms with van der Waals surface area (Å²) in [5.41, 5.74) is 3.51. The lowest BCUT2D eigenvalue weighted by molar-refractivity contribution is -0.134. The van der Waals surface area contributed by atoms with Crippen LogP contribution in [0, 0.1) is 0 Å². The highest BCUT2D eigenvalue weighted by molar-refractivity contribution is 5.70. The summed E-state index contributed by atoms with van der Waals surface area (Å²) in [7, 11) is 0. The summed E-state index contributed by atoms with van der Waals surface area (Å²) in [6, 6.07) is 0. The van der Waals surface area contributed by atoms with Gasteiger partial charge in [-0.1, -0.05) is 13.3 Å². The van der Waals surface area contributed by atoms with Crippen molar-refractivity contribution < 1.29 is 9.53 Å². The van der Waals surface area contributed by atoms with Crippen molar-refractivity contribution in [2.45, 2.75) is 32.3 Å². The third-order valence-corrected chi connectivity index (χ3v) is 2.73. The number of hydrazine groups is 1. The maximum absolute atomic E-state index is 10.5. The number of unbranched alkanes of at least 4 members (excludes halogenated alkanes) is 1. The summed E-state index contributed by atoms with van der Waals surface area (Å²) >= 11 is 0. The van der Waals surface area contributed by atoms with Crippen molar-refractivity contribution in [3.05, 3.63) is 12.0 Å². The van der Waals surface area contributed by atoms with Crippen LogP contribution >= 0.6 is 0 Å². The lowest BCUT2D eigenvalue weighted by Crippen LogP contribution is -2.10. The van der Waals surface area contributed by atoms with Crippen LogP contribution in [0.5, 0.6) is 0 Å². The molecule has 4 N–H and O–H groups in total. The Morgan fingerprint density at radius 3 is 3.11 bits per heavy atom. The molecule has 19 heavy (non-hydrogen) atoms. The number of hydrogen-bond acceptors (Lipinski definition) is 7. The zero-order valence-corrected chi connectivity index (χ0v) is 10.6. The van der Waals surface area contributed by atoms with Gasteiger partial charge >= 0.3 is 0 Å². The molecule has 8 nitrogen and oxygen atoms in total. The number of carbonyl (C=O) groups is 1. The Balaban J connectivity index is 2.28. The van der Waals surface area contributed by atoms with Crippen LogP contribution in [0.15, 0.2) is 6.20 Å². The number of nitrogens with two attached hydrogens (primary N) is 1. The van der Waals surface area contributed by atoms with Gasteiger partial charge in [0.1, 0.15) is 5.52 Å². The second kappa shape index (κ2) is 6.10. The molecule has 0 aliphatic carbocycles. The van der Waals surface area contributed by atoms with Crippen molar-refractivity contribution >= 4 is 23.6 Å². The van der Waals surface area contributed by atoms with Crippen molar-refractivity contribution in [3.8, 4) is 0 Å². The zero-order valence-electron chi connectivity index (χ0n) is 10.6. The molecule has 102 valence electrons. The van der Waals surface area contributed by atoms with Crippen LogP contribution in [0.2, 0.25) is 0 Å². The van der Waals surface area contributed by atoms with Crippen LogP contribution in [0.4, 0.5) is 5.95 Å². The molecule has 0 aromatic carbocycles. The number of carbonyl (C=O) groups excluding carboxylic acids is 1. The molecule has 0 bridgehead atoms. The number of hydrogen-bond donors (Lipinski definition) is 3. The van der Waals surface area contributed by atoms with Crippen LogP contribution in [-0.4, -0.2) is 26.4 Å². The normalized spacial score (nSPS) is 12.3. The summed E-state index contributed by atoms with van der Waals surface area (Å²) in [6.45, 7) is 2.51. The molecule has 0 saturated carbocycles. The Morgan fingerprint density at radius 2 is 2.42 bits per heavy atom. The Kier molecular flexibility index (Phi) is 4.24. The predicted octanol–water partition coefficient (Wildman–Crippen LogP) is 1.04. The molecule has 0 spiro atoms. The molecule has 0 saturated heterocycles. The lowest BCUT2D eigenvalue weighted by Gasteiger charge is -2.11. The van der Waals surface area contributed by atoms with Crippen molar-refractivity contribution in [1.29, 1.82) is 0 Å². The molecule has 2 heterocycles. The van der Waals surface area contributed by atoms with E-state index in [9.17, 15) is 4.79 Å². The summed E-state index contributed by atoms with van der Waals surface area (Å²) in [5, 5.41) is 0. The first-order valence-electron chi connectivity index (χ1n) is 6.06. The number of rotatable bonds is 7. The van der Waals surface area contributed by atoms with E-state index in [1.807, 2.05) is 0 Å². The average Bonchev–Trinajstić information content (AvgIpc) is 2.85. The van der Waals surface area contributed by atoms with E-state index < -0.39 is 0 Å². The summed E-state index contributed by atoms with van der Waals surface area (Å²) < 4.78 is 5.05. The van der Waals surface area contributed by atoms with E-state index in [1.54, 1.807) is 6.20 Å². The first-order valence-corrected chi connectivity index (χ1v) is 6.06. The maximum atomic E-state index is 10.5. The van der Waals surface area contributed by atoms with Gasteiger partial charge in [-0.05, 0) is 12.8 Å². The molecule has 0 aliphatic heterocycles. The molecule has 0 aliphatic rings. The second-order valence-electron chi connectivity index (χ2n) is 4.06. The van der Waals surface area contributed by atoms with E-state index in [4.69, 9.17) is 10.6 Å². The van der Waals surface area contributed by atoms with Gasteiger partial charge < -0.3 is 9.72 Å². The van der Waals surface area contributed by atoms with Crippen LogP contribution in [-0.2, 0) is 9.53 Å². The fourth-order valence-corrected chi connectivity index (χ4v) is 1.77. The van der Waals surface area contributed by atoms with Crippen LogP contribution in [0.25, 0.3) is 11.2 Å². The van der Waals surface area contributed by atoms with E-state index in [-0.39, 0.29) is 12.1 Å². The third-order valence-electron chi connectivity index (χ3n) is 2.73. The van der Waals surface area contributed by atoms with Gasteiger partial charge in [-0.3, -0.25) is 10.2 Å². The van der Waals surface area contributed by atoms with Crippen molar-refractivity contribution in [3.63, 3.8) is 0 Å². The highest BCUT2D eigenvalue weighted by atomic mass is 16.5. The molecular weight excluding hydrogens is 248 g/mol. The Morgan fingerprint density at radius 1 is 1.58 bits per heavy atom. The van der Waals surface area contributed by atoms with Crippen molar-refractivity contribution in [1.82, 2.24) is 19.9 Å². The number of aromatic amines is 1. The predicted molar refractivity (Wildman–Crippen MR) is 68.9 cm³/mol. The smallest absolute Gasteiger partial charge is 0.293 e. The number of nitrogens with zero attached hydrogens (tertiary/aromatic N) is 3. The molecule has 1 unspecified atom stereocenters. The molecule has 0 fully saturated rings. The minimum Gasteiger partial charge on any atom is -0.456 e. The van der Waals surface area contributed by atoms with E-state index in [0.29, 0.717) is 29.9 Å². The Bertz CT molecular complexity index is 555. The van der Waals surface area contributed by atoms with E-state index in [1.165, 1.54) is 0 Å². The molecule has 8 heteroatoms. The highest BCUT2D eigenvalue weighted by Crippen LogP contribution is 2.22. The first kappa shape index (κ1) is 13.2. The van der Waals surface area contributed by atoms with Gasteiger partial charge in [0.2, 0.25) is 5.95 Å². The number of ether oxygens (including phenoxy) is 1. The summed E-state index contributed by atoms with van der Waals surface area (Å²) in [4.78, 5) is 26.0. The van der Waals surface area contributed by atoms with Crippen molar-refractivity contribution in [2.24, 2.45) is 5.84 Å². The monoisotopic (exact) mass is 264 g/mol. The number of aromatic nitrogens is 4. The number of nitrogens with one attached hydrogen (secondary N) is 2. The topological polar surface area (TPSA) is 119 Å². The molecule has 2 aromatic heterocycles. The van der Waals surface area contributed by atoms with Crippen LogP contribution in [0.1, 0.15) is 38.1 Å². The summed E-state index contributed by atoms with van der Waals surface area (Å²) in [5.74, 6) is 6.09.